The fourth-order valence-electron chi connectivity index (χ4n) is 3.03. The van der Waals surface area contributed by atoms with Crippen LogP contribution in [0, 0.1) is 5.92 Å². The second-order valence-electron chi connectivity index (χ2n) is 7.28. The molecule has 2 amide bonds. The molecule has 1 aliphatic heterocycles. The molecule has 2 rings (SSSR count). The van der Waals surface area contributed by atoms with Crippen LogP contribution in [0.25, 0.3) is 0 Å². The summed E-state index contributed by atoms with van der Waals surface area (Å²) in [7, 11) is 0. The fraction of sp³-hybridized carbons (Fsp3) is 0.556. The normalized spacial score (nSPS) is 18.6. The number of primary amides is 1. The molecule has 1 atom stereocenters. The second-order valence-corrected chi connectivity index (χ2v) is 7.71. The molecule has 25 heavy (non-hydrogen) atoms. The second kappa shape index (κ2) is 8.54. The maximum atomic E-state index is 12.6. The number of benzene rings is 1. The van der Waals surface area contributed by atoms with Crippen molar-refractivity contribution in [2.24, 2.45) is 11.7 Å². The Hall–Kier alpha value is -1.79. The van der Waals surface area contributed by atoms with Gasteiger partial charge in [-0.2, -0.15) is 0 Å². The molecule has 0 radical (unpaired) electrons. The number of nitrogens with zero attached hydrogens (tertiary/aromatic N) is 1. The van der Waals surface area contributed by atoms with Gasteiger partial charge in [-0.15, -0.1) is 0 Å². The molecule has 6 nitrogen and oxygen atoms in total. The van der Waals surface area contributed by atoms with E-state index in [1.54, 1.807) is 0 Å². The van der Waals surface area contributed by atoms with E-state index in [-0.39, 0.29) is 24.3 Å². The number of nitrogens with two attached hydrogens (primary N) is 1. The van der Waals surface area contributed by atoms with Crippen molar-refractivity contribution in [3.63, 3.8) is 0 Å². The van der Waals surface area contributed by atoms with E-state index in [0.717, 1.165) is 25.1 Å². The highest BCUT2D eigenvalue weighted by Crippen LogP contribution is 2.19. The van der Waals surface area contributed by atoms with Crippen LogP contribution < -0.4 is 16.4 Å². The number of rotatable bonds is 7. The predicted octanol–water partition coefficient (Wildman–Crippen LogP) is 1.84. The lowest BCUT2D eigenvalue weighted by Crippen LogP contribution is -2.53. The van der Waals surface area contributed by atoms with Crippen LogP contribution in [-0.4, -0.2) is 48.4 Å². The largest absolute Gasteiger partial charge is 0.383 e. The molecule has 4 N–H and O–H groups in total. The van der Waals surface area contributed by atoms with Gasteiger partial charge in [-0.05, 0) is 51.4 Å². The number of piperidine rings is 1. The molecule has 0 aromatic heterocycles. The minimum atomic E-state index is -0.411. The van der Waals surface area contributed by atoms with Crippen LogP contribution in [0.2, 0.25) is 5.02 Å². The van der Waals surface area contributed by atoms with Gasteiger partial charge in [0.25, 0.3) is 0 Å². The Labute approximate surface area is 154 Å². The highest BCUT2D eigenvalue weighted by molar-refractivity contribution is 6.30. The van der Waals surface area contributed by atoms with E-state index in [0.29, 0.717) is 18.1 Å². The Bertz CT molecular complexity index is 621. The first-order chi connectivity index (χ1) is 11.7. The first-order valence-corrected chi connectivity index (χ1v) is 8.95. The van der Waals surface area contributed by atoms with Gasteiger partial charge in [-0.1, -0.05) is 17.7 Å². The summed E-state index contributed by atoms with van der Waals surface area (Å²) in [4.78, 5) is 25.6. The van der Waals surface area contributed by atoms with Crippen molar-refractivity contribution in [2.45, 2.75) is 32.2 Å². The zero-order valence-corrected chi connectivity index (χ0v) is 15.6. The zero-order chi connectivity index (χ0) is 18.4. The Morgan fingerprint density at radius 3 is 2.84 bits per heavy atom. The van der Waals surface area contributed by atoms with Gasteiger partial charge in [0.1, 0.15) is 0 Å². The molecular formula is C18H27ClN4O2. The third-order valence-corrected chi connectivity index (χ3v) is 4.51. The molecule has 1 saturated heterocycles. The van der Waals surface area contributed by atoms with E-state index in [2.05, 4.69) is 10.6 Å². The van der Waals surface area contributed by atoms with Gasteiger partial charge in [0.05, 0.1) is 18.0 Å². The third-order valence-electron chi connectivity index (χ3n) is 4.28. The molecule has 0 spiro atoms. The molecule has 0 bridgehead atoms. The highest BCUT2D eigenvalue weighted by atomic mass is 35.5. The lowest BCUT2D eigenvalue weighted by atomic mass is 9.95. The maximum Gasteiger partial charge on any atom is 0.231 e. The Balaban J connectivity index is 1.86. The predicted molar refractivity (Wildman–Crippen MR) is 101 cm³/mol. The monoisotopic (exact) mass is 366 g/mol. The molecule has 0 unspecified atom stereocenters. The molecule has 1 heterocycles. The van der Waals surface area contributed by atoms with Crippen LogP contribution >= 0.6 is 11.6 Å². The fourth-order valence-corrected chi connectivity index (χ4v) is 3.23. The van der Waals surface area contributed by atoms with Crippen molar-refractivity contribution >= 4 is 29.1 Å². The minimum absolute atomic E-state index is 0.0204. The topological polar surface area (TPSA) is 87.5 Å². The van der Waals surface area contributed by atoms with Crippen LogP contribution in [0.3, 0.4) is 0 Å². The van der Waals surface area contributed by atoms with Crippen LogP contribution in [0.15, 0.2) is 24.3 Å². The molecule has 138 valence electrons. The summed E-state index contributed by atoms with van der Waals surface area (Å²) in [6, 6.07) is 7.49. The number of carbonyl (C=O) groups excluding carboxylic acids is 2. The van der Waals surface area contributed by atoms with Gasteiger partial charge in [-0.3, -0.25) is 14.5 Å². The third kappa shape index (κ3) is 6.55. The van der Waals surface area contributed by atoms with Crippen LogP contribution in [0.4, 0.5) is 5.69 Å². The number of nitrogens with one attached hydrogen (secondary N) is 2. The van der Waals surface area contributed by atoms with E-state index in [1.165, 1.54) is 0 Å². The van der Waals surface area contributed by atoms with Crippen LogP contribution in [0.1, 0.15) is 26.7 Å². The molecule has 1 fully saturated rings. The Kier molecular flexibility index (Phi) is 6.67. The molecule has 0 saturated carbocycles. The number of halogens is 1. The smallest absolute Gasteiger partial charge is 0.231 e. The van der Waals surface area contributed by atoms with E-state index in [4.69, 9.17) is 17.3 Å². The average molecular weight is 367 g/mol. The van der Waals surface area contributed by atoms with Gasteiger partial charge in [-0.25, -0.2) is 0 Å². The lowest BCUT2D eigenvalue weighted by molar-refractivity contribution is -0.129. The number of likely N-dealkylation sites (tertiary alicyclic amines) is 1. The molecule has 1 aliphatic rings. The number of hydrogen-bond acceptors (Lipinski definition) is 4. The van der Waals surface area contributed by atoms with Crippen molar-refractivity contribution in [3.05, 3.63) is 29.3 Å². The molecule has 1 aromatic rings. The molecule has 1 aromatic carbocycles. The van der Waals surface area contributed by atoms with E-state index >= 15 is 0 Å². The standard InChI is InChI=1S/C18H27ClN4O2/c1-18(2,12-21-15-7-3-6-14(19)9-15)22-17(25)13-5-4-8-23(10-13)11-16(20)24/h3,6-7,9,13,21H,4-5,8,10-12H2,1-2H3,(H2,20,24)(H,22,25)/t13-/m0/s1. The summed E-state index contributed by atoms with van der Waals surface area (Å²) < 4.78 is 0. The zero-order valence-electron chi connectivity index (χ0n) is 14.8. The minimum Gasteiger partial charge on any atom is -0.383 e. The maximum absolute atomic E-state index is 12.6. The highest BCUT2D eigenvalue weighted by Gasteiger charge is 2.30. The van der Waals surface area contributed by atoms with Gasteiger partial charge in [0.15, 0.2) is 0 Å². The Morgan fingerprint density at radius 1 is 1.40 bits per heavy atom. The number of hydrogen-bond donors (Lipinski definition) is 3. The first kappa shape index (κ1) is 19.5. The van der Waals surface area contributed by atoms with Crippen molar-refractivity contribution in [2.75, 3.05) is 31.5 Å². The summed E-state index contributed by atoms with van der Waals surface area (Å²) in [6.07, 6.45) is 1.73. The van der Waals surface area contributed by atoms with E-state index in [1.807, 2.05) is 43.0 Å². The SMILES string of the molecule is CC(C)(CNc1cccc(Cl)c1)NC(=O)[C@H]1CCCN(CC(N)=O)C1. The van der Waals surface area contributed by atoms with Crippen molar-refractivity contribution in [3.8, 4) is 0 Å². The van der Waals surface area contributed by atoms with E-state index in [9.17, 15) is 9.59 Å². The summed E-state index contributed by atoms with van der Waals surface area (Å²) in [5, 5.41) is 7.08. The average Bonchev–Trinajstić information content (AvgIpc) is 2.52. The molecular weight excluding hydrogens is 340 g/mol. The molecule has 7 heteroatoms. The number of amides is 2. The van der Waals surface area contributed by atoms with Gasteiger partial charge >= 0.3 is 0 Å². The number of carbonyl (C=O) groups is 2. The van der Waals surface area contributed by atoms with Crippen molar-refractivity contribution in [1.29, 1.82) is 0 Å². The first-order valence-electron chi connectivity index (χ1n) is 8.57. The van der Waals surface area contributed by atoms with Gasteiger partial charge < -0.3 is 16.4 Å². The Morgan fingerprint density at radius 2 is 2.16 bits per heavy atom. The lowest BCUT2D eigenvalue weighted by Gasteiger charge is -2.34. The van der Waals surface area contributed by atoms with E-state index < -0.39 is 5.54 Å². The van der Waals surface area contributed by atoms with Crippen molar-refractivity contribution in [1.82, 2.24) is 10.2 Å². The number of anilines is 1. The van der Waals surface area contributed by atoms with Crippen LogP contribution in [-0.2, 0) is 9.59 Å². The van der Waals surface area contributed by atoms with Gasteiger partial charge in [0.2, 0.25) is 11.8 Å². The van der Waals surface area contributed by atoms with Crippen molar-refractivity contribution < 1.29 is 9.59 Å². The summed E-state index contributed by atoms with van der Waals surface area (Å²) in [6.45, 7) is 6.14. The molecule has 0 aliphatic carbocycles. The quantitative estimate of drug-likeness (QED) is 0.687. The van der Waals surface area contributed by atoms with Crippen LogP contribution in [0.5, 0.6) is 0 Å². The van der Waals surface area contributed by atoms with Gasteiger partial charge in [0, 0.05) is 23.8 Å². The summed E-state index contributed by atoms with van der Waals surface area (Å²) in [5.74, 6) is -0.447. The summed E-state index contributed by atoms with van der Waals surface area (Å²) >= 11 is 5.98. The summed E-state index contributed by atoms with van der Waals surface area (Å²) in [5.41, 5.74) is 5.76.